The molecule has 0 aromatic carbocycles. The smallest absolute Gasteiger partial charge is 0.201 e. The van der Waals surface area contributed by atoms with Gasteiger partial charge in [0.25, 0.3) is 0 Å². The van der Waals surface area contributed by atoms with E-state index in [1.165, 1.54) is 12.8 Å². The van der Waals surface area contributed by atoms with Crippen LogP contribution in [0.5, 0.6) is 5.88 Å². The van der Waals surface area contributed by atoms with Gasteiger partial charge in [0.1, 0.15) is 29.2 Å². The lowest BCUT2D eigenvalue weighted by atomic mass is 10.1. The summed E-state index contributed by atoms with van der Waals surface area (Å²) in [6.07, 6.45) is 8.58. The molecule has 4 aromatic heterocycles. The Morgan fingerprint density at radius 3 is 2.72 bits per heavy atom. The van der Waals surface area contributed by atoms with Crippen LogP contribution < -0.4 is 10.1 Å². The number of fused-ring (bicyclic) bond motifs is 1. The number of hydrogen-bond acceptors (Lipinski definition) is 7. The number of nitriles is 1. The molecule has 2 aliphatic rings. The number of ether oxygens (including phenoxy) is 1. The molecule has 0 bridgehead atoms. The second-order valence-corrected chi connectivity index (χ2v) is 9.52. The van der Waals surface area contributed by atoms with E-state index in [1.807, 2.05) is 30.3 Å². The van der Waals surface area contributed by atoms with Gasteiger partial charge in [-0.15, -0.1) is 17.5 Å². The van der Waals surface area contributed by atoms with E-state index < -0.39 is 0 Å². The minimum atomic E-state index is -0.206. The summed E-state index contributed by atoms with van der Waals surface area (Å²) in [4.78, 5) is 9.07. The van der Waals surface area contributed by atoms with Crippen LogP contribution in [0.2, 0.25) is 0 Å². The van der Waals surface area contributed by atoms with Crippen LogP contribution in [0.3, 0.4) is 0 Å². The first-order valence-electron chi connectivity index (χ1n) is 12.3. The second-order valence-electron chi connectivity index (χ2n) is 9.52. The van der Waals surface area contributed by atoms with Gasteiger partial charge in [-0.2, -0.15) is 5.26 Å². The third-order valence-electron chi connectivity index (χ3n) is 7.07. The molecular weight excluding hydrogens is 476 g/mol. The van der Waals surface area contributed by atoms with Gasteiger partial charge in [0.15, 0.2) is 0 Å². The Morgan fingerprint density at radius 1 is 1.17 bits per heavy atom. The van der Waals surface area contributed by atoms with E-state index in [-0.39, 0.29) is 18.5 Å². The zero-order valence-electron chi connectivity index (χ0n) is 20.2. The van der Waals surface area contributed by atoms with Gasteiger partial charge < -0.3 is 10.1 Å². The van der Waals surface area contributed by atoms with E-state index in [2.05, 4.69) is 43.3 Å². The van der Waals surface area contributed by atoms with Crippen molar-refractivity contribution in [3.05, 3.63) is 59.8 Å². The minimum absolute atomic E-state index is 0. The van der Waals surface area contributed by atoms with E-state index in [9.17, 15) is 5.26 Å². The molecule has 1 saturated carbocycles. The normalized spacial score (nSPS) is 16.9. The molecule has 9 nitrogen and oxygen atoms in total. The highest BCUT2D eigenvalue weighted by molar-refractivity contribution is 5.85. The maximum atomic E-state index is 9.72. The van der Waals surface area contributed by atoms with E-state index in [4.69, 9.17) is 4.74 Å². The zero-order chi connectivity index (χ0) is 23.8. The maximum Gasteiger partial charge on any atom is 0.201 e. The molecule has 0 radical (unpaired) electrons. The molecular formula is C26H29ClN8O. The van der Waals surface area contributed by atoms with Gasteiger partial charge >= 0.3 is 0 Å². The molecule has 1 aliphatic carbocycles. The van der Waals surface area contributed by atoms with Gasteiger partial charge in [-0.25, -0.2) is 9.67 Å². The largest absolute Gasteiger partial charge is 0.469 e. The van der Waals surface area contributed by atoms with Gasteiger partial charge in [0.2, 0.25) is 5.88 Å². The van der Waals surface area contributed by atoms with Crippen LogP contribution in [0.25, 0.3) is 16.9 Å². The third kappa shape index (κ3) is 4.66. The van der Waals surface area contributed by atoms with Crippen molar-refractivity contribution in [3.63, 3.8) is 0 Å². The third-order valence-corrected chi connectivity index (χ3v) is 7.07. The molecule has 1 unspecified atom stereocenters. The Balaban J connectivity index is 0.00000267. The summed E-state index contributed by atoms with van der Waals surface area (Å²) in [7, 11) is 0. The van der Waals surface area contributed by atoms with Gasteiger partial charge in [0, 0.05) is 17.8 Å². The summed E-state index contributed by atoms with van der Waals surface area (Å²) in [6, 6.07) is 12.4. The fraction of sp³-hybridized carbons (Fsp3) is 0.423. The first kappa shape index (κ1) is 24.2. The SMILES string of the molecule is Cc1c(-c2cc(OC(CC3CC3)c3ccccn3)n3c(C#N)cnc3c2)nnn1C1CCNCC1.Cl. The van der Waals surface area contributed by atoms with Crippen molar-refractivity contribution in [2.45, 2.75) is 51.2 Å². The minimum Gasteiger partial charge on any atom is -0.469 e. The molecule has 10 heteroatoms. The highest BCUT2D eigenvalue weighted by Gasteiger charge is 2.29. The Hall–Kier alpha value is -3.48. The zero-order valence-corrected chi connectivity index (χ0v) is 21.0. The average molecular weight is 505 g/mol. The highest BCUT2D eigenvalue weighted by atomic mass is 35.5. The van der Waals surface area contributed by atoms with Crippen LogP contribution in [0.1, 0.15) is 61.3 Å². The second kappa shape index (κ2) is 10.2. The van der Waals surface area contributed by atoms with Crippen molar-refractivity contribution >= 4 is 18.1 Å². The van der Waals surface area contributed by atoms with Crippen LogP contribution >= 0.6 is 12.4 Å². The first-order chi connectivity index (χ1) is 17.2. The van der Waals surface area contributed by atoms with Crippen LogP contribution in [-0.4, -0.2) is 42.5 Å². The lowest BCUT2D eigenvalue weighted by molar-refractivity contribution is 0.173. The van der Waals surface area contributed by atoms with Crippen molar-refractivity contribution in [3.8, 4) is 23.2 Å². The standard InChI is InChI=1S/C26H28N8O.ClH/c1-17-26(31-32-34(17)20-7-10-28-11-8-20)19-13-24-30-16-21(15-27)33(24)25(14-19)35-23(12-18-5-6-18)22-4-2-3-9-29-22;/h2-4,9,13-14,16,18,20,23,28H,5-8,10-12H2,1H3;1H. The van der Waals surface area contributed by atoms with Crippen molar-refractivity contribution in [1.82, 2.24) is 34.7 Å². The Labute approximate surface area is 215 Å². The molecule has 186 valence electrons. The van der Waals surface area contributed by atoms with E-state index in [0.717, 1.165) is 55.0 Å². The lowest BCUT2D eigenvalue weighted by Gasteiger charge is -2.23. The van der Waals surface area contributed by atoms with Gasteiger partial charge in [-0.1, -0.05) is 24.1 Å². The van der Waals surface area contributed by atoms with E-state index >= 15 is 0 Å². The molecule has 0 spiro atoms. The number of aromatic nitrogens is 6. The van der Waals surface area contributed by atoms with Crippen molar-refractivity contribution in [2.75, 3.05) is 13.1 Å². The first-order valence-corrected chi connectivity index (χ1v) is 12.3. The molecule has 5 heterocycles. The van der Waals surface area contributed by atoms with Crippen molar-refractivity contribution < 1.29 is 4.74 Å². The van der Waals surface area contributed by atoms with Gasteiger partial charge in [-0.3, -0.25) is 9.38 Å². The molecule has 6 rings (SSSR count). The number of piperidine rings is 1. The Bertz CT molecular complexity index is 1380. The van der Waals surface area contributed by atoms with Crippen LogP contribution in [0, 0.1) is 24.2 Å². The highest BCUT2D eigenvalue weighted by Crippen LogP contribution is 2.40. The summed E-state index contributed by atoms with van der Waals surface area (Å²) in [5, 5.41) is 22.2. The van der Waals surface area contributed by atoms with Gasteiger partial charge in [0.05, 0.1) is 23.6 Å². The molecule has 4 aromatic rings. The lowest BCUT2D eigenvalue weighted by Crippen LogP contribution is -2.30. The summed E-state index contributed by atoms with van der Waals surface area (Å²) in [5.74, 6) is 1.21. The predicted octanol–water partition coefficient (Wildman–Crippen LogP) is 4.43. The Morgan fingerprint density at radius 2 is 2.00 bits per heavy atom. The topological polar surface area (TPSA) is 106 Å². The Kier molecular flexibility index (Phi) is 6.90. The quantitative estimate of drug-likeness (QED) is 0.396. The monoisotopic (exact) mass is 504 g/mol. The fourth-order valence-electron chi connectivity index (χ4n) is 4.98. The summed E-state index contributed by atoms with van der Waals surface area (Å²) in [5.41, 5.74) is 4.70. The number of hydrogen-bond donors (Lipinski definition) is 1. The number of nitrogens with zero attached hydrogens (tertiary/aromatic N) is 7. The summed E-state index contributed by atoms with van der Waals surface area (Å²) >= 11 is 0. The van der Waals surface area contributed by atoms with Crippen LogP contribution in [-0.2, 0) is 0 Å². The summed E-state index contributed by atoms with van der Waals surface area (Å²) < 4.78 is 10.5. The number of nitrogens with one attached hydrogen (secondary N) is 1. The van der Waals surface area contributed by atoms with Crippen LogP contribution in [0.4, 0.5) is 0 Å². The van der Waals surface area contributed by atoms with Crippen molar-refractivity contribution in [1.29, 1.82) is 5.26 Å². The van der Waals surface area contributed by atoms with E-state index in [1.54, 1.807) is 16.8 Å². The molecule has 36 heavy (non-hydrogen) atoms. The fourth-order valence-corrected chi connectivity index (χ4v) is 4.98. The van der Waals surface area contributed by atoms with Gasteiger partial charge in [-0.05, 0) is 63.4 Å². The van der Waals surface area contributed by atoms with E-state index in [0.29, 0.717) is 29.2 Å². The maximum absolute atomic E-state index is 9.72. The molecule has 1 saturated heterocycles. The summed E-state index contributed by atoms with van der Waals surface area (Å²) in [6.45, 7) is 4.05. The molecule has 1 atom stereocenters. The van der Waals surface area contributed by atoms with Crippen molar-refractivity contribution in [2.24, 2.45) is 5.92 Å². The number of halogens is 1. The number of rotatable bonds is 7. The molecule has 2 fully saturated rings. The number of pyridine rings is 2. The molecule has 0 amide bonds. The molecule has 1 N–H and O–H groups in total. The molecule has 1 aliphatic heterocycles. The average Bonchev–Trinajstić information content (AvgIpc) is 3.49. The van der Waals surface area contributed by atoms with Crippen LogP contribution in [0.15, 0.2) is 42.7 Å². The predicted molar refractivity (Wildman–Crippen MR) is 137 cm³/mol. The number of imidazole rings is 1.